The summed E-state index contributed by atoms with van der Waals surface area (Å²) in [5, 5.41) is 3.14. The van der Waals surface area contributed by atoms with E-state index in [9.17, 15) is 9.59 Å². The van der Waals surface area contributed by atoms with E-state index in [-0.39, 0.29) is 11.1 Å². The van der Waals surface area contributed by atoms with Gasteiger partial charge in [-0.1, -0.05) is 30.3 Å². The number of carbonyl (C=O) groups excluding carboxylic acids is 2. The largest absolute Gasteiger partial charge is 0.381 e. The van der Waals surface area contributed by atoms with Crippen LogP contribution in [0.15, 0.2) is 48.5 Å². The standard InChI is InChI=1S/C15H15N3O2/c16-14(19)11-6-12(15(17)20)8-13(7-11)18-9-10-4-2-1-3-5-10/h1-8,18H,9H2,(H2,16,19)(H2,17,20). The molecule has 0 fully saturated rings. The molecule has 0 atom stereocenters. The number of anilines is 1. The molecule has 20 heavy (non-hydrogen) atoms. The summed E-state index contributed by atoms with van der Waals surface area (Å²) in [4.78, 5) is 22.5. The fraction of sp³-hybridized carbons (Fsp3) is 0.0667. The second-order valence-electron chi connectivity index (χ2n) is 4.37. The molecule has 102 valence electrons. The van der Waals surface area contributed by atoms with Gasteiger partial charge in [-0.05, 0) is 23.8 Å². The number of rotatable bonds is 5. The second-order valence-corrected chi connectivity index (χ2v) is 4.37. The predicted octanol–water partition coefficient (Wildman–Crippen LogP) is 1.50. The van der Waals surface area contributed by atoms with Crippen LogP contribution < -0.4 is 16.8 Å². The van der Waals surface area contributed by atoms with E-state index in [0.29, 0.717) is 12.2 Å². The Hall–Kier alpha value is -2.82. The van der Waals surface area contributed by atoms with Gasteiger partial charge in [-0.2, -0.15) is 0 Å². The third kappa shape index (κ3) is 3.35. The molecule has 0 aliphatic rings. The molecular weight excluding hydrogens is 254 g/mol. The summed E-state index contributed by atoms with van der Waals surface area (Å²) in [5.41, 5.74) is 12.7. The first-order chi connectivity index (χ1) is 9.56. The number of primary amides is 2. The molecule has 0 saturated heterocycles. The van der Waals surface area contributed by atoms with Gasteiger partial charge in [0.1, 0.15) is 0 Å². The average Bonchev–Trinajstić information content (AvgIpc) is 2.45. The second kappa shape index (κ2) is 5.88. The number of nitrogens with two attached hydrogens (primary N) is 2. The van der Waals surface area contributed by atoms with Crippen molar-refractivity contribution < 1.29 is 9.59 Å². The van der Waals surface area contributed by atoms with Crippen molar-refractivity contribution in [3.63, 3.8) is 0 Å². The highest BCUT2D eigenvalue weighted by Crippen LogP contribution is 2.16. The Morgan fingerprint density at radius 1 is 0.900 bits per heavy atom. The molecule has 5 N–H and O–H groups in total. The molecular formula is C15H15N3O2. The maximum absolute atomic E-state index is 11.2. The van der Waals surface area contributed by atoms with E-state index in [4.69, 9.17) is 11.5 Å². The first kappa shape index (κ1) is 13.6. The van der Waals surface area contributed by atoms with Crippen molar-refractivity contribution in [2.45, 2.75) is 6.54 Å². The van der Waals surface area contributed by atoms with Gasteiger partial charge in [-0.15, -0.1) is 0 Å². The monoisotopic (exact) mass is 269 g/mol. The summed E-state index contributed by atoms with van der Waals surface area (Å²) >= 11 is 0. The van der Waals surface area contributed by atoms with Crippen LogP contribution in [0.3, 0.4) is 0 Å². The van der Waals surface area contributed by atoms with Gasteiger partial charge in [-0.3, -0.25) is 9.59 Å². The SMILES string of the molecule is NC(=O)c1cc(NCc2ccccc2)cc(C(N)=O)c1. The van der Waals surface area contributed by atoms with Crippen LogP contribution in [0.25, 0.3) is 0 Å². The molecule has 5 nitrogen and oxygen atoms in total. The van der Waals surface area contributed by atoms with E-state index in [1.807, 2.05) is 30.3 Å². The number of benzene rings is 2. The summed E-state index contributed by atoms with van der Waals surface area (Å²) in [6.07, 6.45) is 0. The van der Waals surface area contributed by atoms with E-state index in [1.165, 1.54) is 6.07 Å². The summed E-state index contributed by atoms with van der Waals surface area (Å²) in [7, 11) is 0. The molecule has 2 amide bonds. The molecule has 2 aromatic rings. The fourth-order valence-electron chi connectivity index (χ4n) is 1.81. The van der Waals surface area contributed by atoms with Crippen molar-refractivity contribution >= 4 is 17.5 Å². The van der Waals surface area contributed by atoms with Crippen molar-refractivity contribution in [2.24, 2.45) is 11.5 Å². The van der Waals surface area contributed by atoms with Crippen molar-refractivity contribution in [3.8, 4) is 0 Å². The third-order valence-electron chi connectivity index (χ3n) is 2.84. The molecule has 0 radical (unpaired) electrons. The van der Waals surface area contributed by atoms with Crippen LogP contribution in [0.5, 0.6) is 0 Å². The van der Waals surface area contributed by atoms with Gasteiger partial charge in [-0.25, -0.2) is 0 Å². The molecule has 0 aliphatic heterocycles. The smallest absolute Gasteiger partial charge is 0.248 e. The molecule has 2 rings (SSSR count). The fourth-order valence-corrected chi connectivity index (χ4v) is 1.81. The normalized spacial score (nSPS) is 10.0. The zero-order chi connectivity index (χ0) is 14.5. The van der Waals surface area contributed by atoms with Crippen LogP contribution in [0.2, 0.25) is 0 Å². The van der Waals surface area contributed by atoms with Crippen molar-refractivity contribution in [3.05, 3.63) is 65.2 Å². The highest BCUT2D eigenvalue weighted by molar-refractivity contribution is 5.99. The molecule has 0 heterocycles. The highest BCUT2D eigenvalue weighted by Gasteiger charge is 2.08. The number of hydrogen-bond acceptors (Lipinski definition) is 3. The van der Waals surface area contributed by atoms with Crippen LogP contribution in [0.4, 0.5) is 5.69 Å². The quantitative estimate of drug-likeness (QED) is 0.767. The Kier molecular flexibility index (Phi) is 4.00. The van der Waals surface area contributed by atoms with Gasteiger partial charge in [0.05, 0.1) is 0 Å². The van der Waals surface area contributed by atoms with E-state index < -0.39 is 11.8 Å². The predicted molar refractivity (Wildman–Crippen MR) is 77.2 cm³/mol. The Balaban J connectivity index is 2.22. The van der Waals surface area contributed by atoms with Crippen LogP contribution in [-0.2, 0) is 6.54 Å². The molecule has 0 bridgehead atoms. The minimum absolute atomic E-state index is 0.247. The van der Waals surface area contributed by atoms with Crippen LogP contribution in [-0.4, -0.2) is 11.8 Å². The first-order valence-electron chi connectivity index (χ1n) is 6.09. The molecule has 0 saturated carbocycles. The van der Waals surface area contributed by atoms with Gasteiger partial charge in [0.25, 0.3) is 0 Å². The van der Waals surface area contributed by atoms with E-state index in [0.717, 1.165) is 5.56 Å². The van der Waals surface area contributed by atoms with E-state index in [2.05, 4.69) is 5.32 Å². The zero-order valence-corrected chi connectivity index (χ0v) is 10.8. The molecule has 0 aromatic heterocycles. The van der Waals surface area contributed by atoms with Gasteiger partial charge < -0.3 is 16.8 Å². The van der Waals surface area contributed by atoms with E-state index in [1.54, 1.807) is 12.1 Å². The van der Waals surface area contributed by atoms with Crippen molar-refractivity contribution in [1.29, 1.82) is 0 Å². The summed E-state index contributed by atoms with van der Waals surface area (Å²) in [5.74, 6) is -1.20. The topological polar surface area (TPSA) is 98.2 Å². The number of carbonyl (C=O) groups is 2. The van der Waals surface area contributed by atoms with Crippen molar-refractivity contribution in [1.82, 2.24) is 0 Å². The number of amides is 2. The molecule has 2 aromatic carbocycles. The van der Waals surface area contributed by atoms with Gasteiger partial charge in [0, 0.05) is 23.4 Å². The number of hydrogen-bond donors (Lipinski definition) is 3. The lowest BCUT2D eigenvalue weighted by atomic mass is 10.1. The maximum atomic E-state index is 11.2. The van der Waals surface area contributed by atoms with Gasteiger partial charge >= 0.3 is 0 Å². The van der Waals surface area contributed by atoms with Crippen LogP contribution in [0, 0.1) is 0 Å². The van der Waals surface area contributed by atoms with Crippen LogP contribution >= 0.6 is 0 Å². The molecule has 0 spiro atoms. The maximum Gasteiger partial charge on any atom is 0.248 e. The summed E-state index contributed by atoms with van der Waals surface area (Å²) < 4.78 is 0. The highest BCUT2D eigenvalue weighted by atomic mass is 16.1. The molecule has 0 unspecified atom stereocenters. The Labute approximate surface area is 116 Å². The van der Waals surface area contributed by atoms with Crippen LogP contribution in [0.1, 0.15) is 26.3 Å². The van der Waals surface area contributed by atoms with Gasteiger partial charge in [0.15, 0.2) is 0 Å². The van der Waals surface area contributed by atoms with Gasteiger partial charge in [0.2, 0.25) is 11.8 Å². The summed E-state index contributed by atoms with van der Waals surface area (Å²) in [6, 6.07) is 14.3. The average molecular weight is 269 g/mol. The van der Waals surface area contributed by atoms with E-state index >= 15 is 0 Å². The lowest BCUT2D eigenvalue weighted by molar-refractivity contribution is 0.0999. The molecule has 0 aliphatic carbocycles. The van der Waals surface area contributed by atoms with Crippen molar-refractivity contribution in [2.75, 3.05) is 5.32 Å². The number of nitrogens with one attached hydrogen (secondary N) is 1. The minimum atomic E-state index is -0.601. The Morgan fingerprint density at radius 3 is 1.95 bits per heavy atom. The minimum Gasteiger partial charge on any atom is -0.381 e. The lowest BCUT2D eigenvalue weighted by Crippen LogP contribution is -2.16. The Bertz CT molecular complexity index is 607. The third-order valence-corrected chi connectivity index (χ3v) is 2.84. The first-order valence-corrected chi connectivity index (χ1v) is 6.09. The zero-order valence-electron chi connectivity index (χ0n) is 10.8. The molecule has 5 heteroatoms. The summed E-state index contributed by atoms with van der Waals surface area (Å²) in [6.45, 7) is 0.571. The Morgan fingerprint density at radius 2 is 1.45 bits per heavy atom. The lowest BCUT2D eigenvalue weighted by Gasteiger charge is -2.09.